The van der Waals surface area contributed by atoms with Gasteiger partial charge in [-0.3, -0.25) is 0 Å². The van der Waals surface area contributed by atoms with E-state index in [4.69, 9.17) is 0 Å². The first-order valence-corrected chi connectivity index (χ1v) is 8.36. The summed E-state index contributed by atoms with van der Waals surface area (Å²) in [5.74, 6) is 0. The molecule has 13 heavy (non-hydrogen) atoms. The van der Waals surface area contributed by atoms with Gasteiger partial charge in [0.1, 0.15) is 0 Å². The molecular formula is C8H13Cl3SiZr. The fourth-order valence-corrected chi connectivity index (χ4v) is 6.09. The molecule has 0 aromatic rings. The molecule has 0 aromatic carbocycles. The third-order valence-electron chi connectivity index (χ3n) is 1.74. The van der Waals surface area contributed by atoms with Crippen molar-refractivity contribution in [3.63, 3.8) is 0 Å². The van der Waals surface area contributed by atoms with E-state index >= 15 is 0 Å². The molecule has 0 bridgehead atoms. The van der Waals surface area contributed by atoms with Crippen LogP contribution in [0.5, 0.6) is 0 Å². The number of halogens is 3. The second kappa shape index (κ2) is 7.70. The van der Waals surface area contributed by atoms with Crippen molar-refractivity contribution in [1.29, 1.82) is 0 Å². The Kier molecular flexibility index (Phi) is 11.8. The van der Waals surface area contributed by atoms with Crippen LogP contribution in [0.2, 0.25) is 19.6 Å². The average Bonchev–Trinajstić information content (AvgIpc) is 2.11. The Morgan fingerprint density at radius 1 is 1.15 bits per heavy atom. The van der Waals surface area contributed by atoms with Crippen LogP contribution in [0.25, 0.3) is 0 Å². The van der Waals surface area contributed by atoms with Gasteiger partial charge in [-0.1, -0.05) is 0 Å². The van der Waals surface area contributed by atoms with Crippen molar-refractivity contribution in [2.45, 2.75) is 26.1 Å². The Morgan fingerprint density at radius 3 is 1.77 bits per heavy atom. The molecule has 0 spiro atoms. The molecule has 0 radical (unpaired) electrons. The van der Waals surface area contributed by atoms with Crippen LogP contribution >= 0.6 is 0 Å². The molecule has 0 fully saturated rings. The summed E-state index contributed by atoms with van der Waals surface area (Å²) in [4.78, 5) is 0. The van der Waals surface area contributed by atoms with Crippen molar-refractivity contribution in [2.24, 2.45) is 0 Å². The van der Waals surface area contributed by atoms with Crippen LogP contribution in [0.3, 0.4) is 0 Å². The summed E-state index contributed by atoms with van der Waals surface area (Å²) < 4.78 is 1.69. The summed E-state index contributed by atoms with van der Waals surface area (Å²) in [7, 11) is -0.972. The van der Waals surface area contributed by atoms with Crippen LogP contribution in [-0.2, 0) is 24.7 Å². The van der Waals surface area contributed by atoms with Gasteiger partial charge >= 0.3 is 79.5 Å². The van der Waals surface area contributed by atoms with E-state index < -0.39 is 8.07 Å². The zero-order chi connectivity index (χ0) is 7.78. The monoisotopic (exact) mass is 332 g/mol. The molecule has 0 saturated heterocycles. The van der Waals surface area contributed by atoms with Crippen molar-refractivity contribution in [2.75, 3.05) is 0 Å². The zero-order valence-electron chi connectivity index (χ0n) is 8.00. The predicted molar refractivity (Wildman–Crippen MR) is 44.1 cm³/mol. The van der Waals surface area contributed by atoms with E-state index in [0.29, 0.717) is 0 Å². The molecule has 0 aromatic heterocycles. The molecule has 0 saturated carbocycles. The zero-order valence-corrected chi connectivity index (χ0v) is 13.7. The third kappa shape index (κ3) is 5.79. The van der Waals surface area contributed by atoms with Gasteiger partial charge in [-0.25, -0.2) is 0 Å². The molecule has 0 amide bonds. The molecule has 0 heterocycles. The van der Waals surface area contributed by atoms with Crippen LogP contribution in [0.15, 0.2) is 20.6 Å². The molecule has 0 atom stereocenters. The number of allylic oxidation sites excluding steroid dienone is 4. The normalized spacial score (nSPS) is 14.5. The van der Waals surface area contributed by atoms with Crippen molar-refractivity contribution < 1.29 is 61.9 Å². The SMILES string of the molecule is C[Si](C)(C)C1=[C]([Zr+3])CC=C1.[Cl-].[Cl-].[Cl-]. The summed E-state index contributed by atoms with van der Waals surface area (Å²) in [5, 5.41) is 1.70. The number of hydrogen-bond donors (Lipinski definition) is 0. The molecular weight excluding hydrogens is 322 g/mol. The molecule has 5 heteroatoms. The quantitative estimate of drug-likeness (QED) is 0.419. The van der Waals surface area contributed by atoms with Gasteiger partial charge in [0.25, 0.3) is 0 Å². The average molecular weight is 335 g/mol. The van der Waals surface area contributed by atoms with Crippen LogP contribution in [0, 0.1) is 0 Å². The van der Waals surface area contributed by atoms with Gasteiger partial charge in [0.2, 0.25) is 0 Å². The summed E-state index contributed by atoms with van der Waals surface area (Å²) >= 11 is 1.62. The van der Waals surface area contributed by atoms with E-state index in [1.165, 1.54) is 6.42 Å². The summed E-state index contributed by atoms with van der Waals surface area (Å²) in [5.41, 5.74) is 0. The van der Waals surface area contributed by atoms with Crippen molar-refractivity contribution >= 4 is 8.07 Å². The van der Waals surface area contributed by atoms with E-state index in [0.717, 1.165) is 0 Å². The first-order valence-electron chi connectivity index (χ1n) is 3.63. The Morgan fingerprint density at radius 2 is 1.62 bits per heavy atom. The van der Waals surface area contributed by atoms with Gasteiger partial charge in [0.05, 0.1) is 0 Å². The molecule has 0 nitrogen and oxygen atoms in total. The molecule has 0 unspecified atom stereocenters. The maximum atomic E-state index is 2.42. The van der Waals surface area contributed by atoms with Crippen molar-refractivity contribution in [1.82, 2.24) is 0 Å². The van der Waals surface area contributed by atoms with Gasteiger partial charge in [0.15, 0.2) is 0 Å². The summed E-state index contributed by atoms with van der Waals surface area (Å²) in [6, 6.07) is 0. The largest absolute Gasteiger partial charge is 1.00 e. The standard InChI is InChI=1S/C8H13Si.3ClH.Zr/c1-9(2,3)8-6-4-5-7-8;;;;/h4,6H,5H2,1-3H3;3*1H;/q;;;;+3/p-3. The molecule has 0 aliphatic heterocycles. The third-order valence-corrected chi connectivity index (χ3v) is 5.60. The van der Waals surface area contributed by atoms with Gasteiger partial charge in [-0.05, 0) is 0 Å². The minimum atomic E-state index is -0.972. The smallest absolute Gasteiger partial charge is 1.00 e. The Hall–Kier alpha value is 1.45. The fourth-order valence-electron chi connectivity index (χ4n) is 1.21. The van der Waals surface area contributed by atoms with Gasteiger partial charge in [-0.15, -0.1) is 0 Å². The Bertz CT molecular complexity index is 206. The van der Waals surface area contributed by atoms with E-state index in [2.05, 4.69) is 31.8 Å². The second-order valence-electron chi connectivity index (χ2n) is 3.75. The van der Waals surface area contributed by atoms with E-state index in [9.17, 15) is 0 Å². The van der Waals surface area contributed by atoms with Crippen molar-refractivity contribution in [3.8, 4) is 0 Å². The van der Waals surface area contributed by atoms with Crippen LogP contribution in [-0.4, -0.2) is 8.07 Å². The molecule has 74 valence electrons. The van der Waals surface area contributed by atoms with E-state index in [1.54, 1.807) is 33.2 Å². The topological polar surface area (TPSA) is 0 Å². The molecule has 1 aliphatic carbocycles. The van der Waals surface area contributed by atoms with Gasteiger partial charge < -0.3 is 37.2 Å². The van der Waals surface area contributed by atoms with Crippen LogP contribution in [0.1, 0.15) is 6.42 Å². The first-order chi connectivity index (χ1) is 4.52. The maximum Gasteiger partial charge on any atom is -1.00 e. The molecule has 1 rings (SSSR count). The Balaban J connectivity index is -0.000000333. The van der Waals surface area contributed by atoms with E-state index in [-0.39, 0.29) is 37.2 Å². The summed E-state index contributed by atoms with van der Waals surface area (Å²) in [6.07, 6.45) is 5.88. The second-order valence-corrected chi connectivity index (χ2v) is 10.3. The predicted octanol–water partition coefficient (Wildman–Crippen LogP) is -6.36. The van der Waals surface area contributed by atoms with Gasteiger partial charge in [0, 0.05) is 0 Å². The minimum absolute atomic E-state index is 0. The van der Waals surface area contributed by atoms with Gasteiger partial charge in [-0.2, -0.15) is 0 Å². The van der Waals surface area contributed by atoms with Crippen LogP contribution < -0.4 is 37.2 Å². The number of hydrogen-bond acceptors (Lipinski definition) is 0. The first kappa shape index (κ1) is 19.9. The fraction of sp³-hybridized carbons (Fsp3) is 0.500. The van der Waals surface area contributed by atoms with E-state index in [1.807, 2.05) is 0 Å². The number of rotatable bonds is 1. The minimum Gasteiger partial charge on any atom is -1.00 e. The molecule has 0 N–H and O–H groups in total. The molecule has 1 aliphatic rings. The summed E-state index contributed by atoms with van der Waals surface area (Å²) in [6.45, 7) is 7.26. The maximum absolute atomic E-state index is 2.42. The van der Waals surface area contributed by atoms with Crippen LogP contribution in [0.4, 0.5) is 0 Å². The van der Waals surface area contributed by atoms with Crippen molar-refractivity contribution in [3.05, 3.63) is 20.6 Å². The Labute approximate surface area is 116 Å².